The molecule has 0 saturated carbocycles. The smallest absolute Gasteiger partial charge is 0.152 e. The highest BCUT2D eigenvalue weighted by molar-refractivity contribution is 5.59. The van der Waals surface area contributed by atoms with Gasteiger partial charge in [0.2, 0.25) is 0 Å². The Labute approximate surface area is 128 Å². The van der Waals surface area contributed by atoms with E-state index in [4.69, 9.17) is 9.84 Å². The molecule has 0 aromatic carbocycles. The first-order chi connectivity index (χ1) is 9.75. The summed E-state index contributed by atoms with van der Waals surface area (Å²) in [6.07, 6.45) is 4.66. The van der Waals surface area contributed by atoms with E-state index in [0.29, 0.717) is 6.10 Å². The van der Waals surface area contributed by atoms with Crippen LogP contribution in [-0.4, -0.2) is 47.3 Å². The van der Waals surface area contributed by atoms with Crippen molar-refractivity contribution in [3.05, 3.63) is 11.8 Å². The predicted octanol–water partition coefficient (Wildman–Crippen LogP) is 2.97. The Hall–Kier alpha value is -1.36. The molecule has 2 heterocycles. The molecule has 5 heteroatoms. The van der Waals surface area contributed by atoms with Crippen LogP contribution in [0, 0.1) is 0 Å². The normalized spacial score (nSPS) is 23.1. The maximum atomic E-state index is 5.92. The molecule has 118 valence electrons. The molecular formula is C16H28N4O. The maximum Gasteiger partial charge on any atom is 0.152 e. The van der Waals surface area contributed by atoms with Crippen molar-refractivity contribution in [3.63, 3.8) is 0 Å². The molecule has 1 aromatic heterocycles. The zero-order valence-corrected chi connectivity index (χ0v) is 14.1. The van der Waals surface area contributed by atoms with E-state index in [-0.39, 0.29) is 11.5 Å². The van der Waals surface area contributed by atoms with Crippen molar-refractivity contribution in [1.82, 2.24) is 14.7 Å². The Balaban J connectivity index is 2.22. The molecule has 21 heavy (non-hydrogen) atoms. The fourth-order valence-electron chi connectivity index (χ4n) is 2.40. The molecule has 2 rings (SSSR count). The Kier molecular flexibility index (Phi) is 4.71. The molecule has 2 atom stereocenters. The van der Waals surface area contributed by atoms with Gasteiger partial charge in [0.25, 0.3) is 0 Å². The van der Waals surface area contributed by atoms with Crippen LogP contribution in [0.5, 0.6) is 0 Å². The van der Waals surface area contributed by atoms with Crippen LogP contribution in [0.4, 0.5) is 5.82 Å². The standard InChI is InChI=1S/C16H28N4O/c1-12-7-8-13(21-12)10-20-15(17-11-19(5)6)9-14(18-20)16(2,3)4/h9,11-13H,7-8,10H2,1-6H3/b17-11+/t12-,13?/m1/s1. The van der Waals surface area contributed by atoms with Crippen molar-refractivity contribution in [2.75, 3.05) is 14.1 Å². The molecule has 0 aliphatic carbocycles. The summed E-state index contributed by atoms with van der Waals surface area (Å²) in [5.41, 5.74) is 1.09. The largest absolute Gasteiger partial charge is 0.373 e. The second-order valence-corrected chi connectivity index (χ2v) is 7.17. The molecular weight excluding hydrogens is 264 g/mol. The van der Waals surface area contributed by atoms with Gasteiger partial charge in [-0.15, -0.1) is 0 Å². The highest BCUT2D eigenvalue weighted by Gasteiger charge is 2.25. The summed E-state index contributed by atoms with van der Waals surface area (Å²) in [4.78, 5) is 6.48. The average Bonchev–Trinajstić information content (AvgIpc) is 2.93. The van der Waals surface area contributed by atoms with Gasteiger partial charge in [-0.3, -0.25) is 0 Å². The van der Waals surface area contributed by atoms with Crippen molar-refractivity contribution in [3.8, 4) is 0 Å². The van der Waals surface area contributed by atoms with Crippen LogP contribution in [0.15, 0.2) is 11.1 Å². The monoisotopic (exact) mass is 292 g/mol. The van der Waals surface area contributed by atoms with Crippen molar-refractivity contribution < 1.29 is 4.74 Å². The minimum atomic E-state index is 0.0253. The lowest BCUT2D eigenvalue weighted by atomic mass is 9.92. The first-order valence-electron chi connectivity index (χ1n) is 7.70. The number of hydrogen-bond acceptors (Lipinski definition) is 3. The van der Waals surface area contributed by atoms with Crippen LogP contribution in [0.1, 0.15) is 46.2 Å². The van der Waals surface area contributed by atoms with E-state index in [1.165, 1.54) is 0 Å². The third-order valence-electron chi connectivity index (χ3n) is 3.64. The lowest BCUT2D eigenvalue weighted by Gasteiger charge is -2.15. The highest BCUT2D eigenvalue weighted by Crippen LogP contribution is 2.27. The predicted molar refractivity (Wildman–Crippen MR) is 86.3 cm³/mol. The van der Waals surface area contributed by atoms with E-state index in [1.54, 1.807) is 0 Å². The fraction of sp³-hybridized carbons (Fsp3) is 0.750. The van der Waals surface area contributed by atoms with Gasteiger partial charge in [0.15, 0.2) is 5.82 Å². The zero-order chi connectivity index (χ0) is 15.6. The van der Waals surface area contributed by atoms with Gasteiger partial charge in [0.1, 0.15) is 0 Å². The zero-order valence-electron chi connectivity index (χ0n) is 14.1. The summed E-state index contributed by atoms with van der Waals surface area (Å²) in [6, 6.07) is 2.08. The number of aromatic nitrogens is 2. The number of hydrogen-bond donors (Lipinski definition) is 0. The lowest BCUT2D eigenvalue weighted by Crippen LogP contribution is -2.19. The topological polar surface area (TPSA) is 42.7 Å². The SMILES string of the molecule is C[C@@H]1CCC(Cn2nc(C(C)(C)C)cc2/N=C/N(C)C)O1. The number of nitrogens with zero attached hydrogens (tertiary/aromatic N) is 4. The van der Waals surface area contributed by atoms with E-state index < -0.39 is 0 Å². The number of ether oxygens (including phenoxy) is 1. The van der Waals surface area contributed by atoms with Crippen LogP contribution >= 0.6 is 0 Å². The van der Waals surface area contributed by atoms with Crippen LogP contribution in [-0.2, 0) is 16.7 Å². The molecule has 0 bridgehead atoms. The molecule has 1 aromatic rings. The lowest BCUT2D eigenvalue weighted by molar-refractivity contribution is 0.0439. The van der Waals surface area contributed by atoms with Crippen molar-refractivity contribution in [1.29, 1.82) is 0 Å². The van der Waals surface area contributed by atoms with Crippen LogP contribution < -0.4 is 0 Å². The van der Waals surface area contributed by atoms with Gasteiger partial charge in [-0.05, 0) is 19.8 Å². The average molecular weight is 292 g/mol. The Bertz CT molecular complexity index is 499. The molecule has 1 aliphatic rings. The highest BCUT2D eigenvalue weighted by atomic mass is 16.5. The molecule has 5 nitrogen and oxygen atoms in total. The number of rotatable bonds is 4. The second-order valence-electron chi connectivity index (χ2n) is 7.17. The molecule has 1 saturated heterocycles. The van der Waals surface area contributed by atoms with Gasteiger partial charge in [0.05, 0.1) is 30.8 Å². The van der Waals surface area contributed by atoms with Gasteiger partial charge in [-0.25, -0.2) is 9.67 Å². The number of aliphatic imine (C=N–C) groups is 1. The molecule has 0 amide bonds. The van der Waals surface area contributed by atoms with E-state index in [2.05, 4.69) is 38.8 Å². The van der Waals surface area contributed by atoms with Gasteiger partial charge in [-0.2, -0.15) is 5.10 Å². The van der Waals surface area contributed by atoms with Gasteiger partial charge in [0, 0.05) is 25.6 Å². The fourth-order valence-corrected chi connectivity index (χ4v) is 2.40. The summed E-state index contributed by atoms with van der Waals surface area (Å²) < 4.78 is 7.91. The van der Waals surface area contributed by atoms with Crippen molar-refractivity contribution >= 4 is 12.2 Å². The third-order valence-corrected chi connectivity index (χ3v) is 3.64. The molecule has 1 aliphatic heterocycles. The molecule has 1 fully saturated rings. The first-order valence-corrected chi connectivity index (χ1v) is 7.70. The summed E-state index contributed by atoms with van der Waals surface area (Å²) in [5.74, 6) is 0.900. The van der Waals surface area contributed by atoms with Gasteiger partial charge >= 0.3 is 0 Å². The van der Waals surface area contributed by atoms with Crippen molar-refractivity contribution in [2.45, 2.75) is 64.7 Å². The summed E-state index contributed by atoms with van der Waals surface area (Å²) in [6.45, 7) is 9.43. The first kappa shape index (κ1) is 16.0. The minimum absolute atomic E-state index is 0.0253. The minimum Gasteiger partial charge on any atom is -0.373 e. The molecule has 0 radical (unpaired) electrons. The van der Waals surface area contributed by atoms with E-state index in [0.717, 1.165) is 30.9 Å². The molecule has 1 unspecified atom stereocenters. The van der Waals surface area contributed by atoms with E-state index in [9.17, 15) is 0 Å². The maximum absolute atomic E-state index is 5.92. The Morgan fingerprint density at radius 2 is 2.14 bits per heavy atom. The Morgan fingerprint density at radius 3 is 2.67 bits per heavy atom. The van der Waals surface area contributed by atoms with Crippen LogP contribution in [0.2, 0.25) is 0 Å². The molecule has 0 spiro atoms. The summed E-state index contributed by atoms with van der Waals surface area (Å²) in [5, 5.41) is 4.75. The van der Waals surface area contributed by atoms with Crippen molar-refractivity contribution in [2.24, 2.45) is 4.99 Å². The second kappa shape index (κ2) is 6.18. The van der Waals surface area contributed by atoms with Crippen LogP contribution in [0.25, 0.3) is 0 Å². The summed E-state index contributed by atoms with van der Waals surface area (Å²) in [7, 11) is 3.94. The van der Waals surface area contributed by atoms with E-state index in [1.807, 2.05) is 30.0 Å². The van der Waals surface area contributed by atoms with Gasteiger partial charge < -0.3 is 9.64 Å². The summed E-state index contributed by atoms with van der Waals surface area (Å²) >= 11 is 0. The van der Waals surface area contributed by atoms with E-state index >= 15 is 0 Å². The quantitative estimate of drug-likeness (QED) is 0.633. The molecule has 0 N–H and O–H groups in total. The Morgan fingerprint density at radius 1 is 1.43 bits per heavy atom. The third kappa shape index (κ3) is 4.30. The van der Waals surface area contributed by atoms with Gasteiger partial charge in [-0.1, -0.05) is 20.8 Å². The van der Waals surface area contributed by atoms with Crippen LogP contribution in [0.3, 0.4) is 0 Å².